The summed E-state index contributed by atoms with van der Waals surface area (Å²) in [6, 6.07) is 0. The summed E-state index contributed by atoms with van der Waals surface area (Å²) in [5, 5.41) is 7.62. The van der Waals surface area contributed by atoms with Crippen LogP contribution in [-0.2, 0) is 4.74 Å². The molecule has 1 saturated heterocycles. The molecule has 0 aromatic rings. The number of ether oxygens (including phenoxy) is 1. The van der Waals surface area contributed by atoms with Gasteiger partial charge in [0.2, 0.25) is 0 Å². The molecular weight excluding hydrogens is 164 g/mol. The molecule has 1 aliphatic rings. The molecule has 0 aromatic carbocycles. The Morgan fingerprint density at radius 3 is 2.85 bits per heavy atom. The SMILES string of the molecule is COCCCCCN1CCCC1=N. The minimum atomic E-state index is 0.840. The molecule has 1 aliphatic heterocycles. The molecule has 1 fully saturated rings. The average Bonchev–Trinajstić information content (AvgIpc) is 2.52. The molecule has 0 saturated carbocycles. The summed E-state index contributed by atoms with van der Waals surface area (Å²) in [7, 11) is 1.75. The fourth-order valence-electron chi connectivity index (χ4n) is 1.70. The number of likely N-dealkylation sites (tertiary alicyclic amines) is 1. The zero-order valence-electron chi connectivity index (χ0n) is 8.51. The van der Waals surface area contributed by atoms with Crippen LogP contribution < -0.4 is 0 Å². The van der Waals surface area contributed by atoms with Crippen LogP contribution >= 0.6 is 0 Å². The van der Waals surface area contributed by atoms with E-state index in [1.54, 1.807) is 7.11 Å². The Morgan fingerprint density at radius 2 is 2.23 bits per heavy atom. The van der Waals surface area contributed by atoms with Gasteiger partial charge in [0.1, 0.15) is 0 Å². The molecule has 3 nitrogen and oxygen atoms in total. The van der Waals surface area contributed by atoms with Crippen molar-refractivity contribution in [1.82, 2.24) is 4.90 Å². The number of hydrogen-bond acceptors (Lipinski definition) is 2. The Bertz CT molecular complexity index is 159. The summed E-state index contributed by atoms with van der Waals surface area (Å²) < 4.78 is 4.98. The Labute approximate surface area is 80.6 Å². The average molecular weight is 184 g/mol. The third-order valence-electron chi connectivity index (χ3n) is 2.50. The molecule has 0 atom stereocenters. The molecule has 76 valence electrons. The summed E-state index contributed by atoms with van der Waals surface area (Å²) in [5.74, 6) is 0.840. The van der Waals surface area contributed by atoms with E-state index in [0.29, 0.717) is 0 Å². The number of methoxy groups -OCH3 is 1. The lowest BCUT2D eigenvalue weighted by Crippen LogP contribution is -2.25. The minimum Gasteiger partial charge on any atom is -0.385 e. The predicted octanol–water partition coefficient (Wildman–Crippen LogP) is 1.88. The van der Waals surface area contributed by atoms with Crippen LogP contribution in [0.2, 0.25) is 0 Å². The molecule has 0 aliphatic carbocycles. The van der Waals surface area contributed by atoms with E-state index in [1.807, 2.05) is 0 Å². The topological polar surface area (TPSA) is 36.3 Å². The molecule has 3 heteroatoms. The van der Waals surface area contributed by atoms with Crippen molar-refractivity contribution in [2.45, 2.75) is 32.1 Å². The van der Waals surface area contributed by atoms with Crippen LogP contribution in [0.15, 0.2) is 0 Å². The maximum Gasteiger partial charge on any atom is 0.0958 e. The molecule has 1 N–H and O–H groups in total. The second-order valence-corrected chi connectivity index (χ2v) is 3.59. The fourth-order valence-corrected chi connectivity index (χ4v) is 1.70. The number of nitrogens with one attached hydrogen (secondary N) is 1. The van der Waals surface area contributed by atoms with Crippen molar-refractivity contribution < 1.29 is 4.74 Å². The van der Waals surface area contributed by atoms with Crippen LogP contribution in [0.5, 0.6) is 0 Å². The van der Waals surface area contributed by atoms with Gasteiger partial charge in [-0.05, 0) is 25.7 Å². The van der Waals surface area contributed by atoms with E-state index in [-0.39, 0.29) is 0 Å². The summed E-state index contributed by atoms with van der Waals surface area (Å²) in [6.07, 6.45) is 5.73. The molecule has 1 heterocycles. The van der Waals surface area contributed by atoms with E-state index in [9.17, 15) is 0 Å². The van der Waals surface area contributed by atoms with Gasteiger partial charge in [0.05, 0.1) is 5.84 Å². The lowest BCUT2D eigenvalue weighted by molar-refractivity contribution is 0.191. The number of nitrogens with zero attached hydrogens (tertiary/aromatic N) is 1. The molecule has 0 aromatic heterocycles. The minimum absolute atomic E-state index is 0.840. The monoisotopic (exact) mass is 184 g/mol. The first kappa shape index (κ1) is 10.5. The van der Waals surface area contributed by atoms with E-state index < -0.39 is 0 Å². The highest BCUT2D eigenvalue weighted by atomic mass is 16.5. The Morgan fingerprint density at radius 1 is 1.38 bits per heavy atom. The zero-order chi connectivity index (χ0) is 9.52. The van der Waals surface area contributed by atoms with Gasteiger partial charge in [0, 0.05) is 33.2 Å². The van der Waals surface area contributed by atoms with Gasteiger partial charge in [-0.25, -0.2) is 0 Å². The van der Waals surface area contributed by atoms with Gasteiger partial charge in [-0.2, -0.15) is 0 Å². The molecular formula is C10H20N2O. The number of unbranched alkanes of at least 4 members (excludes halogenated alkanes) is 2. The lowest BCUT2D eigenvalue weighted by atomic mass is 10.2. The molecule has 13 heavy (non-hydrogen) atoms. The second-order valence-electron chi connectivity index (χ2n) is 3.59. The third-order valence-corrected chi connectivity index (χ3v) is 2.50. The normalized spacial score (nSPS) is 17.0. The molecule has 0 radical (unpaired) electrons. The number of amidine groups is 1. The van der Waals surface area contributed by atoms with Crippen molar-refractivity contribution >= 4 is 5.84 Å². The second kappa shape index (κ2) is 5.97. The molecule has 0 amide bonds. The predicted molar refractivity (Wildman–Crippen MR) is 54.3 cm³/mol. The van der Waals surface area contributed by atoms with Crippen molar-refractivity contribution in [2.75, 3.05) is 26.8 Å². The molecule has 1 rings (SSSR count). The van der Waals surface area contributed by atoms with Crippen LogP contribution in [0.25, 0.3) is 0 Å². The van der Waals surface area contributed by atoms with Crippen molar-refractivity contribution in [1.29, 1.82) is 5.41 Å². The largest absolute Gasteiger partial charge is 0.385 e. The quantitative estimate of drug-likeness (QED) is 0.640. The lowest BCUT2D eigenvalue weighted by Gasteiger charge is -2.16. The molecule has 0 unspecified atom stereocenters. The van der Waals surface area contributed by atoms with E-state index in [1.165, 1.54) is 19.3 Å². The van der Waals surface area contributed by atoms with E-state index in [4.69, 9.17) is 10.1 Å². The fraction of sp³-hybridized carbons (Fsp3) is 0.900. The Kier molecular flexibility index (Phi) is 4.83. The van der Waals surface area contributed by atoms with E-state index in [0.717, 1.165) is 38.4 Å². The van der Waals surface area contributed by atoms with Gasteiger partial charge in [-0.15, -0.1) is 0 Å². The van der Waals surface area contributed by atoms with Crippen molar-refractivity contribution in [3.05, 3.63) is 0 Å². The van der Waals surface area contributed by atoms with Gasteiger partial charge in [-0.1, -0.05) is 0 Å². The van der Waals surface area contributed by atoms with E-state index >= 15 is 0 Å². The highest BCUT2D eigenvalue weighted by Gasteiger charge is 2.15. The smallest absolute Gasteiger partial charge is 0.0958 e. The van der Waals surface area contributed by atoms with Crippen LogP contribution in [0.3, 0.4) is 0 Å². The maximum absolute atomic E-state index is 7.62. The van der Waals surface area contributed by atoms with Gasteiger partial charge in [0.25, 0.3) is 0 Å². The van der Waals surface area contributed by atoms with Gasteiger partial charge < -0.3 is 9.64 Å². The van der Waals surface area contributed by atoms with Crippen molar-refractivity contribution in [3.63, 3.8) is 0 Å². The molecule has 0 spiro atoms. The van der Waals surface area contributed by atoms with Crippen molar-refractivity contribution in [2.24, 2.45) is 0 Å². The zero-order valence-corrected chi connectivity index (χ0v) is 8.51. The summed E-state index contributed by atoms with van der Waals surface area (Å²) >= 11 is 0. The first-order chi connectivity index (χ1) is 6.34. The van der Waals surface area contributed by atoms with Crippen LogP contribution in [0.1, 0.15) is 32.1 Å². The summed E-state index contributed by atoms with van der Waals surface area (Å²) in [4.78, 5) is 2.20. The van der Waals surface area contributed by atoms with Crippen LogP contribution in [0, 0.1) is 5.41 Å². The van der Waals surface area contributed by atoms with Gasteiger partial charge in [0.15, 0.2) is 0 Å². The maximum atomic E-state index is 7.62. The first-order valence-electron chi connectivity index (χ1n) is 5.16. The highest BCUT2D eigenvalue weighted by Crippen LogP contribution is 2.11. The third kappa shape index (κ3) is 3.77. The van der Waals surface area contributed by atoms with Crippen LogP contribution in [0.4, 0.5) is 0 Å². The van der Waals surface area contributed by atoms with Crippen LogP contribution in [-0.4, -0.2) is 37.5 Å². The van der Waals surface area contributed by atoms with Gasteiger partial charge >= 0.3 is 0 Å². The van der Waals surface area contributed by atoms with E-state index in [2.05, 4.69) is 4.90 Å². The standard InChI is InChI=1S/C10H20N2O/c1-13-9-4-2-3-7-12-8-5-6-10(12)11/h11H,2-9H2,1H3. The Balaban J connectivity index is 1.96. The Hall–Kier alpha value is -0.570. The summed E-state index contributed by atoms with van der Waals surface area (Å²) in [5.41, 5.74) is 0. The number of hydrogen-bond donors (Lipinski definition) is 1. The number of rotatable bonds is 6. The summed E-state index contributed by atoms with van der Waals surface area (Å²) in [6.45, 7) is 3.04. The molecule has 0 bridgehead atoms. The highest BCUT2D eigenvalue weighted by molar-refractivity contribution is 5.80. The first-order valence-corrected chi connectivity index (χ1v) is 5.16. The van der Waals surface area contributed by atoms with Gasteiger partial charge in [-0.3, -0.25) is 5.41 Å². The van der Waals surface area contributed by atoms with Crippen molar-refractivity contribution in [3.8, 4) is 0 Å².